The molecule has 0 atom stereocenters. The highest BCUT2D eigenvalue weighted by atomic mass is 16.9. The predicted molar refractivity (Wildman–Crippen MR) is 74.9 cm³/mol. The van der Waals surface area contributed by atoms with Crippen molar-refractivity contribution in [1.29, 1.82) is 0 Å². The zero-order valence-corrected chi connectivity index (χ0v) is 12.9. The summed E-state index contributed by atoms with van der Waals surface area (Å²) in [5.74, 6) is -2.07. The Bertz CT molecular complexity index is 344. The highest BCUT2D eigenvalue weighted by Gasteiger charge is 2.46. The van der Waals surface area contributed by atoms with E-state index in [-0.39, 0.29) is 5.57 Å². The molecule has 0 spiro atoms. The SMILES string of the molecule is CCCCOC1(OCCCC)C=C(C(C)(C)O)C(=O)O1. The van der Waals surface area contributed by atoms with Crippen LogP contribution in [0.2, 0.25) is 0 Å². The molecule has 1 N–H and O–H groups in total. The average Bonchev–Trinajstić information content (AvgIpc) is 2.68. The molecule has 5 nitrogen and oxygen atoms in total. The molecule has 1 aliphatic heterocycles. The van der Waals surface area contributed by atoms with E-state index in [0.29, 0.717) is 13.2 Å². The van der Waals surface area contributed by atoms with E-state index in [2.05, 4.69) is 0 Å². The third-order valence-electron chi connectivity index (χ3n) is 3.04. The molecule has 0 amide bonds. The van der Waals surface area contributed by atoms with Gasteiger partial charge in [0.1, 0.15) is 0 Å². The van der Waals surface area contributed by atoms with Crippen LogP contribution in [0.25, 0.3) is 0 Å². The second kappa shape index (κ2) is 7.20. The standard InChI is InChI=1S/C15H26O5/c1-5-7-9-18-15(19-10-8-6-2)11-12(13(16)20-15)14(3,4)17/h11,17H,5-10H2,1-4H3. The van der Waals surface area contributed by atoms with Crippen LogP contribution >= 0.6 is 0 Å². The largest absolute Gasteiger partial charge is 0.401 e. The van der Waals surface area contributed by atoms with Gasteiger partial charge in [-0.1, -0.05) is 26.7 Å². The van der Waals surface area contributed by atoms with Crippen molar-refractivity contribution in [1.82, 2.24) is 0 Å². The van der Waals surface area contributed by atoms with Crippen LogP contribution in [0.4, 0.5) is 0 Å². The Morgan fingerprint density at radius 1 is 1.20 bits per heavy atom. The smallest absolute Gasteiger partial charge is 0.352 e. The maximum absolute atomic E-state index is 11.9. The normalized spacial score (nSPS) is 18.1. The van der Waals surface area contributed by atoms with Crippen molar-refractivity contribution in [2.45, 2.75) is 65.0 Å². The van der Waals surface area contributed by atoms with Crippen molar-refractivity contribution < 1.29 is 24.1 Å². The lowest BCUT2D eigenvalue weighted by Gasteiger charge is -2.26. The molecule has 1 heterocycles. The second-order valence-electron chi connectivity index (χ2n) is 5.51. The lowest BCUT2D eigenvalue weighted by atomic mass is 9.99. The fraction of sp³-hybridized carbons (Fsp3) is 0.800. The first-order chi connectivity index (χ1) is 9.34. The third-order valence-corrected chi connectivity index (χ3v) is 3.04. The number of esters is 1. The molecule has 0 aromatic heterocycles. The number of carbonyl (C=O) groups is 1. The van der Waals surface area contributed by atoms with Gasteiger partial charge in [-0.25, -0.2) is 4.79 Å². The minimum Gasteiger partial charge on any atom is -0.401 e. The van der Waals surface area contributed by atoms with Gasteiger partial charge in [-0.15, -0.1) is 0 Å². The van der Waals surface area contributed by atoms with Crippen molar-refractivity contribution in [3.8, 4) is 0 Å². The maximum atomic E-state index is 11.9. The van der Waals surface area contributed by atoms with Crippen molar-refractivity contribution in [3.63, 3.8) is 0 Å². The van der Waals surface area contributed by atoms with Gasteiger partial charge >= 0.3 is 11.9 Å². The molecule has 0 aliphatic carbocycles. The molecular weight excluding hydrogens is 260 g/mol. The summed E-state index contributed by atoms with van der Waals surface area (Å²) in [6.07, 6.45) is 5.10. The number of hydrogen-bond donors (Lipinski definition) is 1. The summed E-state index contributed by atoms with van der Waals surface area (Å²) in [4.78, 5) is 11.9. The van der Waals surface area contributed by atoms with Gasteiger partial charge in [0.05, 0.1) is 24.4 Å². The van der Waals surface area contributed by atoms with Gasteiger partial charge in [-0.05, 0) is 26.7 Å². The van der Waals surface area contributed by atoms with Crippen LogP contribution in [0.3, 0.4) is 0 Å². The molecule has 0 saturated heterocycles. The van der Waals surface area contributed by atoms with Gasteiger partial charge < -0.3 is 19.3 Å². The number of ether oxygens (including phenoxy) is 3. The first kappa shape index (κ1) is 17.1. The van der Waals surface area contributed by atoms with Gasteiger partial charge in [-0.3, -0.25) is 0 Å². The zero-order chi connectivity index (χ0) is 15.2. The molecule has 0 bridgehead atoms. The van der Waals surface area contributed by atoms with Gasteiger partial charge in [0.25, 0.3) is 0 Å². The second-order valence-corrected chi connectivity index (χ2v) is 5.51. The van der Waals surface area contributed by atoms with E-state index in [4.69, 9.17) is 14.2 Å². The van der Waals surface area contributed by atoms with Gasteiger partial charge in [-0.2, -0.15) is 0 Å². The van der Waals surface area contributed by atoms with Crippen LogP contribution in [0.15, 0.2) is 11.6 Å². The monoisotopic (exact) mass is 286 g/mol. The fourth-order valence-corrected chi connectivity index (χ4v) is 1.78. The van der Waals surface area contributed by atoms with Crippen LogP contribution in [0, 0.1) is 0 Å². The first-order valence-corrected chi connectivity index (χ1v) is 7.31. The van der Waals surface area contributed by atoms with Crippen molar-refractivity contribution in [2.24, 2.45) is 0 Å². The summed E-state index contributed by atoms with van der Waals surface area (Å²) in [6.45, 7) is 8.04. The Morgan fingerprint density at radius 2 is 1.70 bits per heavy atom. The van der Waals surface area contributed by atoms with Crippen LogP contribution in [0.1, 0.15) is 53.4 Å². The minimum atomic E-state index is -1.48. The molecule has 20 heavy (non-hydrogen) atoms. The molecule has 116 valence electrons. The molecule has 1 aliphatic rings. The summed E-state index contributed by atoms with van der Waals surface area (Å²) < 4.78 is 16.5. The first-order valence-electron chi connectivity index (χ1n) is 7.31. The Hall–Kier alpha value is -0.910. The summed E-state index contributed by atoms with van der Waals surface area (Å²) in [5.41, 5.74) is -1.10. The van der Waals surface area contributed by atoms with Gasteiger partial charge in [0.2, 0.25) is 0 Å². The number of rotatable bonds is 9. The average molecular weight is 286 g/mol. The molecule has 1 rings (SSSR count). The van der Waals surface area contributed by atoms with Crippen LogP contribution in [-0.4, -0.2) is 35.9 Å². The number of cyclic esters (lactones) is 1. The van der Waals surface area contributed by atoms with Crippen LogP contribution < -0.4 is 0 Å². The molecule has 0 fully saturated rings. The van der Waals surface area contributed by atoms with E-state index in [9.17, 15) is 9.90 Å². The van der Waals surface area contributed by atoms with Crippen molar-refractivity contribution in [2.75, 3.05) is 13.2 Å². The third kappa shape index (κ3) is 4.58. The molecule has 0 saturated carbocycles. The van der Waals surface area contributed by atoms with E-state index in [0.717, 1.165) is 25.7 Å². The molecule has 0 radical (unpaired) electrons. The lowest BCUT2D eigenvalue weighted by molar-refractivity contribution is -0.326. The molecule has 0 unspecified atom stereocenters. The van der Waals surface area contributed by atoms with Gasteiger partial charge in [0.15, 0.2) is 0 Å². The number of unbranched alkanes of at least 4 members (excludes halogenated alkanes) is 2. The number of aliphatic hydroxyl groups is 1. The quantitative estimate of drug-likeness (QED) is 0.401. The topological polar surface area (TPSA) is 65.0 Å². The molecule has 0 aromatic carbocycles. The van der Waals surface area contributed by atoms with E-state index in [1.165, 1.54) is 19.9 Å². The zero-order valence-electron chi connectivity index (χ0n) is 12.9. The highest BCUT2D eigenvalue weighted by Crippen LogP contribution is 2.33. The lowest BCUT2D eigenvalue weighted by Crippen LogP contribution is -2.36. The Morgan fingerprint density at radius 3 is 2.05 bits per heavy atom. The predicted octanol–water partition coefficient (Wildman–Crippen LogP) is 2.53. The van der Waals surface area contributed by atoms with Crippen molar-refractivity contribution >= 4 is 5.97 Å². The van der Waals surface area contributed by atoms with Crippen LogP contribution in [-0.2, 0) is 19.0 Å². The molecule has 5 heteroatoms. The maximum Gasteiger partial charge on any atom is 0.352 e. The van der Waals surface area contributed by atoms with E-state index < -0.39 is 17.5 Å². The number of hydrogen-bond acceptors (Lipinski definition) is 5. The van der Waals surface area contributed by atoms with Crippen molar-refractivity contribution in [3.05, 3.63) is 11.6 Å². The number of carbonyl (C=O) groups excluding carboxylic acids is 1. The summed E-state index contributed by atoms with van der Waals surface area (Å²) in [5, 5.41) is 9.98. The van der Waals surface area contributed by atoms with E-state index in [1.54, 1.807) is 0 Å². The Balaban J connectivity index is 2.83. The van der Waals surface area contributed by atoms with Crippen LogP contribution in [0.5, 0.6) is 0 Å². The van der Waals surface area contributed by atoms with E-state index >= 15 is 0 Å². The minimum absolute atomic E-state index is 0.172. The van der Waals surface area contributed by atoms with Gasteiger partial charge in [0, 0.05) is 6.08 Å². The summed E-state index contributed by atoms with van der Waals surface area (Å²) >= 11 is 0. The molecule has 0 aromatic rings. The van der Waals surface area contributed by atoms with E-state index in [1.807, 2.05) is 13.8 Å². The Kier molecular flexibility index (Phi) is 6.17. The highest BCUT2D eigenvalue weighted by molar-refractivity contribution is 5.93. The molecular formula is C15H26O5. The summed E-state index contributed by atoms with van der Waals surface area (Å²) in [6, 6.07) is 0. The fourth-order valence-electron chi connectivity index (χ4n) is 1.78. The Labute approximate surface area is 120 Å². The summed E-state index contributed by atoms with van der Waals surface area (Å²) in [7, 11) is 0.